The molecule has 4 N–H and O–H groups in total. The molecule has 0 aromatic rings. The van der Waals surface area contributed by atoms with Crippen molar-refractivity contribution in [2.75, 3.05) is 26.3 Å². The van der Waals surface area contributed by atoms with Crippen LogP contribution in [0.1, 0.15) is 19.3 Å². The van der Waals surface area contributed by atoms with Gasteiger partial charge in [0.25, 0.3) is 0 Å². The third-order valence-corrected chi connectivity index (χ3v) is 3.24. The molecule has 0 aromatic carbocycles. The van der Waals surface area contributed by atoms with E-state index >= 15 is 0 Å². The molecule has 2 amide bonds. The van der Waals surface area contributed by atoms with Gasteiger partial charge in [-0.3, -0.25) is 19.3 Å². The van der Waals surface area contributed by atoms with Crippen LogP contribution in [0.4, 0.5) is 0 Å². The van der Waals surface area contributed by atoms with Crippen molar-refractivity contribution in [1.29, 1.82) is 0 Å². The fourth-order valence-electron chi connectivity index (χ4n) is 2.30. The van der Waals surface area contributed by atoms with Gasteiger partial charge in [0, 0.05) is 25.6 Å². The molecule has 8 heteroatoms. The summed E-state index contributed by atoms with van der Waals surface area (Å²) < 4.78 is 0. The molecule has 0 radical (unpaired) electrons. The number of aliphatic carboxylic acids is 1. The van der Waals surface area contributed by atoms with Gasteiger partial charge in [0.15, 0.2) is 0 Å². The van der Waals surface area contributed by atoms with Crippen molar-refractivity contribution < 1.29 is 29.7 Å². The monoisotopic (exact) mass is 288 g/mol. The third kappa shape index (κ3) is 3.99. The Morgan fingerprint density at radius 3 is 2.30 bits per heavy atom. The molecule has 2 unspecified atom stereocenters. The van der Waals surface area contributed by atoms with Gasteiger partial charge in [-0.15, -0.1) is 0 Å². The van der Waals surface area contributed by atoms with Gasteiger partial charge in [0.1, 0.15) is 5.92 Å². The number of nitrogens with one attached hydrogen (secondary N) is 1. The van der Waals surface area contributed by atoms with Crippen LogP contribution in [0, 0.1) is 5.92 Å². The molecule has 114 valence electrons. The number of fused-ring (bicyclic) bond motifs is 1. The van der Waals surface area contributed by atoms with E-state index in [-0.39, 0.29) is 25.2 Å². The van der Waals surface area contributed by atoms with E-state index < -0.39 is 17.8 Å². The van der Waals surface area contributed by atoms with Crippen LogP contribution in [0.25, 0.3) is 0 Å². The van der Waals surface area contributed by atoms with Gasteiger partial charge >= 0.3 is 5.97 Å². The molecule has 0 aromatic heterocycles. The zero-order valence-corrected chi connectivity index (χ0v) is 11.1. The van der Waals surface area contributed by atoms with E-state index in [0.29, 0.717) is 32.4 Å². The van der Waals surface area contributed by atoms with Crippen LogP contribution in [-0.4, -0.2) is 70.3 Å². The number of carboxylic acid groups (broad SMARTS) is 1. The van der Waals surface area contributed by atoms with Gasteiger partial charge in [0.2, 0.25) is 11.8 Å². The van der Waals surface area contributed by atoms with Crippen LogP contribution in [-0.2, 0) is 14.4 Å². The van der Waals surface area contributed by atoms with Crippen molar-refractivity contribution >= 4 is 17.8 Å². The molecule has 20 heavy (non-hydrogen) atoms. The largest absolute Gasteiger partial charge is 0.481 e. The maximum absolute atomic E-state index is 11.4. The Balaban J connectivity index is 0.000000246. The summed E-state index contributed by atoms with van der Waals surface area (Å²) in [6.07, 6.45) is 1.29. The van der Waals surface area contributed by atoms with Gasteiger partial charge in [-0.05, 0) is 12.8 Å². The van der Waals surface area contributed by atoms with E-state index in [1.807, 2.05) is 0 Å². The van der Waals surface area contributed by atoms with Crippen molar-refractivity contribution in [3.63, 3.8) is 0 Å². The SMILES string of the molecule is O=C(O)C1CC2CCC(=O)N2C1=O.OCCNCCO. The number of nitrogens with zero attached hydrogens (tertiary/aromatic N) is 1. The second-order valence-corrected chi connectivity index (χ2v) is 4.62. The summed E-state index contributed by atoms with van der Waals surface area (Å²) in [5.41, 5.74) is 0. The lowest BCUT2D eigenvalue weighted by Gasteiger charge is -2.11. The lowest BCUT2D eigenvalue weighted by molar-refractivity contribution is -0.149. The quantitative estimate of drug-likeness (QED) is 0.266. The maximum Gasteiger partial charge on any atom is 0.316 e. The highest BCUT2D eigenvalue weighted by molar-refractivity contribution is 6.07. The van der Waals surface area contributed by atoms with E-state index in [1.165, 1.54) is 0 Å². The standard InChI is InChI=1S/C8H9NO4.C4H11NO2/c10-6-2-1-4-3-5(8(12)13)7(11)9(4)6;6-3-1-5-2-4-7/h4-5H,1-3H2,(H,12,13);5-7H,1-4H2. The van der Waals surface area contributed by atoms with Gasteiger partial charge in [-0.2, -0.15) is 0 Å². The Kier molecular flexibility index (Phi) is 6.56. The third-order valence-electron chi connectivity index (χ3n) is 3.24. The molecule has 2 aliphatic rings. The Bertz CT molecular complexity index is 369. The van der Waals surface area contributed by atoms with Crippen molar-refractivity contribution in [3.8, 4) is 0 Å². The fourth-order valence-corrected chi connectivity index (χ4v) is 2.30. The molecular weight excluding hydrogens is 268 g/mol. The molecule has 2 heterocycles. The molecular formula is C12H20N2O6. The lowest BCUT2D eigenvalue weighted by atomic mass is 10.0. The summed E-state index contributed by atoms with van der Waals surface area (Å²) in [7, 11) is 0. The number of aliphatic hydroxyl groups is 2. The van der Waals surface area contributed by atoms with Gasteiger partial charge < -0.3 is 20.6 Å². The number of rotatable bonds is 5. The second-order valence-electron chi connectivity index (χ2n) is 4.62. The van der Waals surface area contributed by atoms with Gasteiger partial charge in [0.05, 0.1) is 13.2 Å². The van der Waals surface area contributed by atoms with Crippen LogP contribution in [0.5, 0.6) is 0 Å². The van der Waals surface area contributed by atoms with Crippen LogP contribution in [0.2, 0.25) is 0 Å². The summed E-state index contributed by atoms with van der Waals surface area (Å²) >= 11 is 0. The Labute approximate surface area is 116 Å². The molecule has 2 saturated heterocycles. The van der Waals surface area contributed by atoms with E-state index in [9.17, 15) is 14.4 Å². The molecule has 0 bridgehead atoms. The Morgan fingerprint density at radius 2 is 1.85 bits per heavy atom. The number of imide groups is 1. The summed E-state index contributed by atoms with van der Waals surface area (Å²) in [5.74, 6) is -2.86. The van der Waals surface area contributed by atoms with Crippen LogP contribution in [0.15, 0.2) is 0 Å². The molecule has 2 aliphatic heterocycles. The molecule has 2 fully saturated rings. The zero-order chi connectivity index (χ0) is 15.1. The number of carbonyl (C=O) groups excluding carboxylic acids is 2. The van der Waals surface area contributed by atoms with Gasteiger partial charge in [-0.1, -0.05) is 0 Å². The Morgan fingerprint density at radius 1 is 1.25 bits per heavy atom. The van der Waals surface area contributed by atoms with Crippen molar-refractivity contribution in [1.82, 2.24) is 10.2 Å². The second kappa shape index (κ2) is 7.93. The Hall–Kier alpha value is -1.51. The predicted molar refractivity (Wildman–Crippen MR) is 67.7 cm³/mol. The molecule has 0 aliphatic carbocycles. The molecule has 2 rings (SSSR count). The minimum Gasteiger partial charge on any atom is -0.481 e. The van der Waals surface area contributed by atoms with Crippen LogP contribution >= 0.6 is 0 Å². The molecule has 0 spiro atoms. The topological polar surface area (TPSA) is 127 Å². The maximum atomic E-state index is 11.4. The first-order valence-electron chi connectivity index (χ1n) is 6.54. The highest BCUT2D eigenvalue weighted by Crippen LogP contribution is 2.33. The number of amides is 2. The van der Waals surface area contributed by atoms with E-state index in [0.717, 1.165) is 4.90 Å². The smallest absolute Gasteiger partial charge is 0.316 e. The minimum absolute atomic E-state index is 0.139. The highest BCUT2D eigenvalue weighted by Gasteiger charge is 2.49. The zero-order valence-electron chi connectivity index (χ0n) is 11.1. The number of hydrogen-bond acceptors (Lipinski definition) is 6. The van der Waals surface area contributed by atoms with E-state index in [1.54, 1.807) is 0 Å². The molecule has 8 nitrogen and oxygen atoms in total. The van der Waals surface area contributed by atoms with Crippen molar-refractivity contribution in [2.24, 2.45) is 5.92 Å². The number of carbonyl (C=O) groups is 3. The van der Waals surface area contributed by atoms with E-state index in [2.05, 4.69) is 5.32 Å². The van der Waals surface area contributed by atoms with Crippen molar-refractivity contribution in [3.05, 3.63) is 0 Å². The minimum atomic E-state index is -1.12. The lowest BCUT2D eigenvalue weighted by Crippen LogP contribution is -2.34. The average Bonchev–Trinajstić information content (AvgIpc) is 2.93. The number of aliphatic hydroxyl groups excluding tert-OH is 2. The summed E-state index contributed by atoms with van der Waals surface area (Å²) in [5, 5.41) is 27.7. The fraction of sp³-hybridized carbons (Fsp3) is 0.750. The first kappa shape index (κ1) is 16.5. The molecule has 2 atom stereocenters. The first-order valence-corrected chi connectivity index (χ1v) is 6.54. The van der Waals surface area contributed by atoms with Crippen molar-refractivity contribution in [2.45, 2.75) is 25.3 Å². The normalized spacial score (nSPS) is 24.4. The summed E-state index contributed by atoms with van der Waals surface area (Å²) in [6, 6.07) is -0.152. The number of carboxylic acids is 1. The van der Waals surface area contributed by atoms with E-state index in [4.69, 9.17) is 15.3 Å². The average molecular weight is 288 g/mol. The summed E-state index contributed by atoms with van der Waals surface area (Å²) in [6.45, 7) is 1.42. The number of hydrogen-bond donors (Lipinski definition) is 4. The van der Waals surface area contributed by atoms with Crippen LogP contribution in [0.3, 0.4) is 0 Å². The van der Waals surface area contributed by atoms with Crippen LogP contribution < -0.4 is 5.32 Å². The first-order chi connectivity index (χ1) is 9.52. The molecule has 0 saturated carbocycles. The predicted octanol–water partition coefficient (Wildman–Crippen LogP) is -1.83. The van der Waals surface area contributed by atoms with Gasteiger partial charge in [-0.25, -0.2) is 0 Å². The highest BCUT2D eigenvalue weighted by atomic mass is 16.4. The summed E-state index contributed by atoms with van der Waals surface area (Å²) in [4.78, 5) is 34.2.